The van der Waals surface area contributed by atoms with Crippen molar-refractivity contribution in [2.75, 3.05) is 5.32 Å². The van der Waals surface area contributed by atoms with E-state index in [1.54, 1.807) is 62.4 Å². The number of nitrogens with zero attached hydrogens (tertiary/aromatic N) is 1. The van der Waals surface area contributed by atoms with Crippen LogP contribution >= 0.6 is 0 Å². The van der Waals surface area contributed by atoms with Gasteiger partial charge in [-0.1, -0.05) is 44.2 Å². The van der Waals surface area contributed by atoms with Crippen LogP contribution in [0.3, 0.4) is 0 Å². The number of nitrogens with one attached hydrogen (secondary N) is 2. The molecule has 1 aliphatic carbocycles. The number of amides is 2. The fraction of sp³-hybridized carbons (Fsp3) is 0.385. The smallest absolute Gasteiger partial charge is 0.379 e. The Morgan fingerprint density at radius 1 is 1.06 bits per heavy atom. The number of benzene rings is 2. The number of para-hydroxylation sites is 2. The van der Waals surface area contributed by atoms with Gasteiger partial charge in [-0.05, 0) is 48.4 Å². The average molecular weight is 488 g/mol. The summed E-state index contributed by atoms with van der Waals surface area (Å²) in [4.78, 5) is 24.5. The predicted octanol–water partition coefficient (Wildman–Crippen LogP) is 4.95. The summed E-state index contributed by atoms with van der Waals surface area (Å²) in [6.45, 7) is 2.41. The summed E-state index contributed by atoms with van der Waals surface area (Å²) in [6, 6.07) is 13.9. The average Bonchev–Trinajstić information content (AvgIpc) is 3.59. The fourth-order valence-corrected chi connectivity index (χ4v) is 4.51. The first-order valence-electron chi connectivity index (χ1n) is 11.4. The van der Waals surface area contributed by atoms with Crippen molar-refractivity contribution in [1.82, 2.24) is 9.88 Å². The molecule has 1 saturated carbocycles. The van der Waals surface area contributed by atoms with Gasteiger partial charge in [0, 0.05) is 29.4 Å². The Kier molecular flexibility index (Phi) is 6.40. The van der Waals surface area contributed by atoms with Gasteiger partial charge in [-0.3, -0.25) is 4.79 Å². The lowest BCUT2D eigenvalue weighted by atomic mass is 9.74. The van der Waals surface area contributed by atoms with Gasteiger partial charge in [0.25, 0.3) is 0 Å². The highest BCUT2D eigenvalue weighted by Crippen LogP contribution is 2.44. The number of hydrogen-bond donors (Lipinski definition) is 3. The van der Waals surface area contributed by atoms with Crippen molar-refractivity contribution < 1.29 is 23.1 Å². The van der Waals surface area contributed by atoms with E-state index >= 15 is 0 Å². The third-order valence-corrected chi connectivity index (χ3v) is 6.40. The van der Waals surface area contributed by atoms with E-state index in [-0.39, 0.29) is 16.9 Å². The van der Waals surface area contributed by atoms with Crippen LogP contribution in [0.4, 0.5) is 23.7 Å². The topological polar surface area (TPSA) is 83.4 Å². The number of anilines is 1. The zero-order valence-electron chi connectivity index (χ0n) is 19.5. The molecule has 0 spiro atoms. The number of carbonyl (C=O) groups excluding carboxylic acids is 1. The molecule has 1 unspecified atom stereocenters. The standard InChI is InChI=1S/C26H28F3N3O3/c1-24(2,19-8-4-5-9-20(19)31-23(34)30-17-11-12-17)15-25(35,26(27,28)29)16-32-14-13-22(33)18-7-3-6-10-21(18)32/h3-10,13-14,17,35H,11-12,15-16H2,1-2H3,(H2,30,31,34). The molecule has 0 bridgehead atoms. The van der Waals surface area contributed by atoms with Crippen LogP contribution < -0.4 is 16.1 Å². The number of urea groups is 1. The molecular formula is C26H28F3N3O3. The maximum atomic E-state index is 14.4. The molecule has 2 aromatic carbocycles. The van der Waals surface area contributed by atoms with E-state index in [0.29, 0.717) is 16.8 Å². The zero-order chi connectivity index (χ0) is 25.4. The molecule has 1 aromatic heterocycles. The van der Waals surface area contributed by atoms with Crippen LogP contribution in [0.1, 0.15) is 38.7 Å². The van der Waals surface area contributed by atoms with Gasteiger partial charge in [0.05, 0.1) is 12.1 Å². The summed E-state index contributed by atoms with van der Waals surface area (Å²) in [7, 11) is 0. The van der Waals surface area contributed by atoms with Gasteiger partial charge >= 0.3 is 12.2 Å². The maximum absolute atomic E-state index is 14.4. The lowest BCUT2D eigenvalue weighted by Crippen LogP contribution is -2.52. The number of fused-ring (bicyclic) bond motifs is 1. The molecule has 3 N–H and O–H groups in total. The summed E-state index contributed by atoms with van der Waals surface area (Å²) >= 11 is 0. The highest BCUT2D eigenvalue weighted by Gasteiger charge is 2.56. The minimum Gasteiger partial charge on any atom is -0.379 e. The van der Waals surface area contributed by atoms with Crippen LogP contribution in [0.15, 0.2) is 65.6 Å². The molecule has 0 radical (unpaired) electrons. The molecule has 186 valence electrons. The van der Waals surface area contributed by atoms with Crippen molar-refractivity contribution in [3.05, 3.63) is 76.6 Å². The summed E-state index contributed by atoms with van der Waals surface area (Å²) in [5.41, 5.74) is -3.44. The molecule has 1 aliphatic rings. The quantitative estimate of drug-likeness (QED) is 0.441. The third-order valence-electron chi connectivity index (χ3n) is 6.40. The predicted molar refractivity (Wildman–Crippen MR) is 128 cm³/mol. The molecule has 9 heteroatoms. The van der Waals surface area contributed by atoms with E-state index in [0.717, 1.165) is 12.8 Å². The molecule has 2 amide bonds. The van der Waals surface area contributed by atoms with Crippen molar-refractivity contribution in [1.29, 1.82) is 0 Å². The second kappa shape index (κ2) is 9.03. The Balaban J connectivity index is 1.67. The second-order valence-electron chi connectivity index (χ2n) is 9.83. The fourth-order valence-electron chi connectivity index (χ4n) is 4.51. The van der Waals surface area contributed by atoms with Gasteiger partial charge in [0.1, 0.15) is 0 Å². The number of aromatic nitrogens is 1. The molecule has 35 heavy (non-hydrogen) atoms. The maximum Gasteiger partial charge on any atom is 0.418 e. The Hall–Kier alpha value is -3.33. The van der Waals surface area contributed by atoms with Crippen molar-refractivity contribution in [3.8, 4) is 0 Å². The van der Waals surface area contributed by atoms with Crippen molar-refractivity contribution in [3.63, 3.8) is 0 Å². The van der Waals surface area contributed by atoms with Crippen LogP contribution in [0, 0.1) is 0 Å². The number of rotatable bonds is 7. The van der Waals surface area contributed by atoms with Gasteiger partial charge in [-0.25, -0.2) is 4.79 Å². The highest BCUT2D eigenvalue weighted by atomic mass is 19.4. The second-order valence-corrected chi connectivity index (χ2v) is 9.83. The number of alkyl halides is 3. The first kappa shape index (κ1) is 24.8. The Morgan fingerprint density at radius 2 is 1.71 bits per heavy atom. The summed E-state index contributed by atoms with van der Waals surface area (Å²) < 4.78 is 44.4. The van der Waals surface area contributed by atoms with E-state index in [1.807, 2.05) is 0 Å². The molecule has 4 rings (SSSR count). The van der Waals surface area contributed by atoms with E-state index in [4.69, 9.17) is 0 Å². The van der Waals surface area contributed by atoms with Crippen molar-refractivity contribution in [2.24, 2.45) is 0 Å². The lowest BCUT2D eigenvalue weighted by molar-refractivity contribution is -0.271. The Bertz CT molecular complexity index is 1300. The van der Waals surface area contributed by atoms with Crippen LogP contribution in [-0.4, -0.2) is 33.5 Å². The van der Waals surface area contributed by atoms with Gasteiger partial charge in [-0.15, -0.1) is 0 Å². The first-order valence-corrected chi connectivity index (χ1v) is 11.4. The normalized spacial score (nSPS) is 16.1. The third kappa shape index (κ3) is 5.35. The number of pyridine rings is 1. The lowest BCUT2D eigenvalue weighted by Gasteiger charge is -2.39. The van der Waals surface area contributed by atoms with Crippen LogP contribution in [0.2, 0.25) is 0 Å². The highest BCUT2D eigenvalue weighted by molar-refractivity contribution is 5.90. The molecular weight excluding hydrogens is 459 g/mol. The number of aliphatic hydroxyl groups is 1. The molecule has 3 aromatic rings. The van der Waals surface area contributed by atoms with Crippen LogP contribution in [0.5, 0.6) is 0 Å². The summed E-state index contributed by atoms with van der Waals surface area (Å²) in [5, 5.41) is 16.9. The summed E-state index contributed by atoms with van der Waals surface area (Å²) in [5.74, 6) is 0. The molecule has 0 saturated heterocycles. The number of hydrogen-bond acceptors (Lipinski definition) is 3. The van der Waals surface area contributed by atoms with Gasteiger partial charge in [0.15, 0.2) is 11.0 Å². The van der Waals surface area contributed by atoms with Gasteiger partial charge < -0.3 is 20.3 Å². The van der Waals surface area contributed by atoms with Crippen molar-refractivity contribution >= 4 is 22.6 Å². The van der Waals surface area contributed by atoms with Gasteiger partial charge in [0.2, 0.25) is 0 Å². The van der Waals surface area contributed by atoms with Crippen molar-refractivity contribution in [2.45, 2.75) is 62.9 Å². The monoisotopic (exact) mass is 487 g/mol. The largest absolute Gasteiger partial charge is 0.418 e. The summed E-state index contributed by atoms with van der Waals surface area (Å²) in [6.07, 6.45) is -2.56. The molecule has 1 atom stereocenters. The number of carbonyl (C=O) groups is 1. The van der Waals surface area contributed by atoms with Crippen LogP contribution in [-0.2, 0) is 12.0 Å². The van der Waals surface area contributed by atoms with E-state index in [9.17, 15) is 27.9 Å². The SMILES string of the molecule is CC(C)(CC(O)(Cn1ccc(=O)c2ccccc21)C(F)(F)F)c1ccccc1NC(=O)NC1CC1. The van der Waals surface area contributed by atoms with E-state index in [2.05, 4.69) is 10.6 Å². The number of halogens is 3. The molecule has 6 nitrogen and oxygen atoms in total. The van der Waals surface area contributed by atoms with E-state index < -0.39 is 36.2 Å². The Labute approximate surface area is 200 Å². The van der Waals surface area contributed by atoms with Gasteiger partial charge in [-0.2, -0.15) is 13.2 Å². The molecule has 0 aliphatic heterocycles. The molecule has 1 fully saturated rings. The van der Waals surface area contributed by atoms with E-state index in [1.165, 1.54) is 16.8 Å². The molecule has 1 heterocycles. The minimum atomic E-state index is -4.96. The minimum absolute atomic E-state index is 0.123. The first-order chi connectivity index (χ1) is 16.4. The zero-order valence-corrected chi connectivity index (χ0v) is 19.5. The van der Waals surface area contributed by atoms with Crippen LogP contribution in [0.25, 0.3) is 10.9 Å². The Morgan fingerprint density at radius 3 is 2.40 bits per heavy atom.